The fourth-order valence-electron chi connectivity index (χ4n) is 3.88. The summed E-state index contributed by atoms with van der Waals surface area (Å²) in [7, 11) is 4.18. The molecule has 3 heteroatoms. The number of para-hydroxylation sites is 2. The lowest BCUT2D eigenvalue weighted by atomic mass is 9.91. The van der Waals surface area contributed by atoms with Crippen molar-refractivity contribution < 1.29 is 4.74 Å². The second-order valence-electron chi connectivity index (χ2n) is 6.70. The number of nitrogens with zero attached hydrogens (tertiary/aromatic N) is 2. The van der Waals surface area contributed by atoms with Gasteiger partial charge in [0.15, 0.2) is 0 Å². The minimum absolute atomic E-state index is 0.126. The van der Waals surface area contributed by atoms with E-state index in [-0.39, 0.29) is 5.92 Å². The molecule has 4 rings (SSSR count). The van der Waals surface area contributed by atoms with E-state index in [0.717, 1.165) is 0 Å². The topological polar surface area (TPSA) is 19.1 Å². The van der Waals surface area contributed by atoms with Gasteiger partial charge in [-0.1, -0.05) is 42.3 Å². The number of aryl methyl sites for hydroxylation is 2. The molecule has 0 aliphatic heterocycles. The number of fused-ring (bicyclic) bond motifs is 2. The van der Waals surface area contributed by atoms with E-state index >= 15 is 0 Å². The summed E-state index contributed by atoms with van der Waals surface area (Å²) in [6, 6.07) is 17.0. The molecule has 2 aromatic carbocycles. The van der Waals surface area contributed by atoms with Crippen molar-refractivity contribution >= 4 is 21.8 Å². The number of benzene rings is 2. The van der Waals surface area contributed by atoms with Crippen molar-refractivity contribution in [3.63, 3.8) is 0 Å². The highest BCUT2D eigenvalue weighted by atomic mass is 16.5. The van der Waals surface area contributed by atoms with Crippen molar-refractivity contribution in [2.75, 3.05) is 13.2 Å². The van der Waals surface area contributed by atoms with E-state index in [2.05, 4.69) is 90.1 Å². The van der Waals surface area contributed by atoms with Crippen LogP contribution in [0.5, 0.6) is 0 Å². The summed E-state index contributed by atoms with van der Waals surface area (Å²) in [6.07, 6.45) is 9.84. The number of hydrogen-bond donors (Lipinski definition) is 0. The van der Waals surface area contributed by atoms with Crippen LogP contribution >= 0.6 is 0 Å². The van der Waals surface area contributed by atoms with Crippen molar-refractivity contribution in [2.45, 2.75) is 5.92 Å². The van der Waals surface area contributed by atoms with Crippen molar-refractivity contribution in [1.29, 1.82) is 0 Å². The van der Waals surface area contributed by atoms with E-state index in [1.807, 2.05) is 0 Å². The van der Waals surface area contributed by atoms with Crippen LogP contribution in [0.4, 0.5) is 0 Å². The molecule has 2 aromatic heterocycles. The van der Waals surface area contributed by atoms with Crippen molar-refractivity contribution in [3.05, 3.63) is 72.1 Å². The van der Waals surface area contributed by atoms with Gasteiger partial charge in [-0.15, -0.1) is 6.42 Å². The molecular weight excluding hydrogens is 320 g/mol. The Morgan fingerprint density at radius 2 is 1.38 bits per heavy atom. The van der Waals surface area contributed by atoms with Gasteiger partial charge in [0.2, 0.25) is 0 Å². The molecule has 0 aliphatic rings. The fourth-order valence-corrected chi connectivity index (χ4v) is 3.88. The van der Waals surface area contributed by atoms with Crippen LogP contribution in [0.15, 0.2) is 60.9 Å². The Bertz CT molecular complexity index is 1030. The molecular formula is C23H22N2O. The first-order chi connectivity index (χ1) is 12.7. The van der Waals surface area contributed by atoms with E-state index in [9.17, 15) is 0 Å². The average Bonchev–Trinajstić information content (AvgIpc) is 3.18. The molecule has 0 amide bonds. The number of ether oxygens (including phenoxy) is 1. The van der Waals surface area contributed by atoms with Gasteiger partial charge in [0.25, 0.3) is 0 Å². The maximum Gasteiger partial charge on any atom is 0.107 e. The molecule has 4 aromatic rings. The minimum atomic E-state index is 0.126. The Labute approximate surface area is 153 Å². The molecule has 0 bridgehead atoms. The highest BCUT2D eigenvalue weighted by molar-refractivity contribution is 5.88. The van der Waals surface area contributed by atoms with Crippen LogP contribution in [0.25, 0.3) is 21.8 Å². The van der Waals surface area contributed by atoms with Gasteiger partial charge < -0.3 is 13.9 Å². The molecule has 0 radical (unpaired) electrons. The lowest BCUT2D eigenvalue weighted by molar-refractivity contribution is 0.159. The molecule has 0 saturated heterocycles. The predicted molar refractivity (Wildman–Crippen MR) is 107 cm³/mol. The third kappa shape index (κ3) is 2.69. The second kappa shape index (κ2) is 6.74. The predicted octanol–water partition coefficient (Wildman–Crippen LogP) is 4.45. The minimum Gasteiger partial charge on any atom is -0.368 e. The molecule has 0 atom stereocenters. The third-order valence-electron chi connectivity index (χ3n) is 5.08. The Hall–Kier alpha value is -2.96. The van der Waals surface area contributed by atoms with Crippen LogP contribution in [0.1, 0.15) is 17.0 Å². The van der Waals surface area contributed by atoms with Crippen molar-refractivity contribution in [2.24, 2.45) is 14.1 Å². The Balaban J connectivity index is 1.90. The molecule has 0 N–H and O–H groups in total. The van der Waals surface area contributed by atoms with Crippen LogP contribution in [0, 0.1) is 12.3 Å². The van der Waals surface area contributed by atoms with Crippen LogP contribution < -0.4 is 0 Å². The SMILES string of the molecule is C#CCOCC(c1cn(C)c2ccccc12)c1cn(C)c2ccccc12. The van der Waals surface area contributed by atoms with Crippen LogP contribution in [0.3, 0.4) is 0 Å². The number of aromatic nitrogens is 2. The van der Waals surface area contributed by atoms with Crippen LogP contribution in [0.2, 0.25) is 0 Å². The standard InChI is InChI=1S/C23H22N2O/c1-4-13-26-16-21(19-14-24(2)22-11-7-5-9-17(19)22)20-15-25(3)23-12-8-6-10-18(20)23/h1,5-12,14-15,21H,13,16H2,2-3H3. The zero-order chi connectivity index (χ0) is 18.1. The Morgan fingerprint density at radius 3 is 1.88 bits per heavy atom. The highest BCUT2D eigenvalue weighted by Crippen LogP contribution is 2.36. The number of hydrogen-bond acceptors (Lipinski definition) is 1. The van der Waals surface area contributed by atoms with Gasteiger partial charge in [-0.05, 0) is 23.3 Å². The van der Waals surface area contributed by atoms with E-state index in [0.29, 0.717) is 13.2 Å². The molecule has 0 unspecified atom stereocenters. The van der Waals surface area contributed by atoms with Crippen molar-refractivity contribution in [3.8, 4) is 12.3 Å². The molecule has 0 saturated carbocycles. The van der Waals surface area contributed by atoms with Gasteiger partial charge in [-0.3, -0.25) is 0 Å². The summed E-state index contributed by atoms with van der Waals surface area (Å²) in [5.41, 5.74) is 5.00. The summed E-state index contributed by atoms with van der Waals surface area (Å²) in [5, 5.41) is 2.52. The first kappa shape index (κ1) is 16.5. The quantitative estimate of drug-likeness (QED) is 0.387. The highest BCUT2D eigenvalue weighted by Gasteiger charge is 2.23. The summed E-state index contributed by atoms with van der Waals surface area (Å²) < 4.78 is 10.2. The van der Waals surface area contributed by atoms with E-state index < -0.39 is 0 Å². The van der Waals surface area contributed by atoms with Crippen LogP contribution in [-0.2, 0) is 18.8 Å². The first-order valence-corrected chi connectivity index (χ1v) is 8.80. The molecule has 0 aliphatic carbocycles. The Kier molecular flexibility index (Phi) is 4.28. The van der Waals surface area contributed by atoms with Crippen molar-refractivity contribution in [1.82, 2.24) is 9.13 Å². The zero-order valence-electron chi connectivity index (χ0n) is 15.1. The molecule has 130 valence electrons. The zero-order valence-corrected chi connectivity index (χ0v) is 15.1. The van der Waals surface area contributed by atoms with E-state index in [1.165, 1.54) is 32.9 Å². The average molecular weight is 342 g/mol. The number of terminal acetylenes is 1. The molecule has 3 nitrogen and oxygen atoms in total. The smallest absolute Gasteiger partial charge is 0.107 e. The second-order valence-corrected chi connectivity index (χ2v) is 6.70. The lowest BCUT2D eigenvalue weighted by Gasteiger charge is -2.16. The van der Waals surface area contributed by atoms with Gasteiger partial charge in [0.05, 0.1) is 6.61 Å². The third-order valence-corrected chi connectivity index (χ3v) is 5.08. The first-order valence-electron chi connectivity index (χ1n) is 8.80. The fraction of sp³-hybridized carbons (Fsp3) is 0.217. The Morgan fingerprint density at radius 1 is 0.885 bits per heavy atom. The molecule has 2 heterocycles. The van der Waals surface area contributed by atoms with Gasteiger partial charge in [-0.2, -0.15) is 0 Å². The van der Waals surface area contributed by atoms with Gasteiger partial charge in [0, 0.05) is 54.2 Å². The summed E-state index contributed by atoms with van der Waals surface area (Å²) >= 11 is 0. The van der Waals surface area contributed by atoms with E-state index in [4.69, 9.17) is 11.2 Å². The largest absolute Gasteiger partial charge is 0.368 e. The van der Waals surface area contributed by atoms with Gasteiger partial charge in [0.1, 0.15) is 6.61 Å². The lowest BCUT2D eigenvalue weighted by Crippen LogP contribution is -2.09. The van der Waals surface area contributed by atoms with Gasteiger partial charge in [-0.25, -0.2) is 0 Å². The number of rotatable bonds is 5. The van der Waals surface area contributed by atoms with E-state index in [1.54, 1.807) is 0 Å². The maximum absolute atomic E-state index is 5.82. The monoisotopic (exact) mass is 342 g/mol. The summed E-state index contributed by atoms with van der Waals surface area (Å²) in [4.78, 5) is 0. The molecule has 26 heavy (non-hydrogen) atoms. The summed E-state index contributed by atoms with van der Waals surface area (Å²) in [5.74, 6) is 2.70. The van der Waals surface area contributed by atoms with Crippen LogP contribution in [-0.4, -0.2) is 22.3 Å². The summed E-state index contributed by atoms with van der Waals surface area (Å²) in [6.45, 7) is 0.887. The molecule has 0 spiro atoms. The molecule has 0 fully saturated rings. The normalized spacial score (nSPS) is 11.5. The maximum atomic E-state index is 5.82. The van der Waals surface area contributed by atoms with Gasteiger partial charge >= 0.3 is 0 Å².